The highest BCUT2D eigenvalue weighted by Crippen LogP contribution is 2.33. The Balaban J connectivity index is 2.68. The third-order valence-corrected chi connectivity index (χ3v) is 2.80. The molecule has 5 nitrogen and oxygen atoms in total. The number of primary amides is 1. The van der Waals surface area contributed by atoms with Crippen LogP contribution in [-0.4, -0.2) is 31.6 Å². The maximum atomic E-state index is 12.8. The lowest BCUT2D eigenvalue weighted by Crippen LogP contribution is -2.30. The van der Waals surface area contributed by atoms with E-state index in [1.807, 2.05) is 0 Å². The fraction of sp³-hybridized carbons (Fsp3) is 0.333. The van der Waals surface area contributed by atoms with Crippen LogP contribution in [0.4, 0.5) is 13.2 Å². The number of halogens is 4. The molecule has 116 valence electrons. The Kier molecular flexibility index (Phi) is 6.16. The van der Waals surface area contributed by atoms with Gasteiger partial charge in [-0.1, -0.05) is 15.9 Å². The number of amides is 2. The summed E-state index contributed by atoms with van der Waals surface area (Å²) in [6.45, 7) is -0.395. The van der Waals surface area contributed by atoms with Gasteiger partial charge in [0.15, 0.2) is 0 Å². The Morgan fingerprint density at radius 3 is 2.57 bits per heavy atom. The Hall–Kier alpha value is -1.61. The number of rotatable bonds is 6. The number of alkyl halides is 3. The number of carbonyl (C=O) groups is 2. The molecule has 0 saturated heterocycles. The van der Waals surface area contributed by atoms with Gasteiger partial charge in [-0.05, 0) is 18.2 Å². The van der Waals surface area contributed by atoms with Crippen molar-refractivity contribution in [3.05, 3.63) is 33.8 Å². The van der Waals surface area contributed by atoms with Gasteiger partial charge in [-0.2, -0.15) is 13.2 Å². The van der Waals surface area contributed by atoms with Gasteiger partial charge in [-0.25, -0.2) is 0 Å². The van der Waals surface area contributed by atoms with Gasteiger partial charge in [0, 0.05) is 11.0 Å². The first-order valence-electron chi connectivity index (χ1n) is 5.73. The van der Waals surface area contributed by atoms with Crippen LogP contribution < -0.4 is 11.1 Å². The summed E-state index contributed by atoms with van der Waals surface area (Å²) >= 11 is 2.93. The molecular formula is C12H12BrF3N2O3. The fourth-order valence-corrected chi connectivity index (χ4v) is 1.81. The smallest absolute Gasteiger partial charge is 0.370 e. The highest BCUT2D eigenvalue weighted by Gasteiger charge is 2.35. The zero-order chi connectivity index (χ0) is 16.0. The molecule has 1 aromatic carbocycles. The van der Waals surface area contributed by atoms with Gasteiger partial charge in [-0.3, -0.25) is 9.59 Å². The second kappa shape index (κ2) is 7.41. The van der Waals surface area contributed by atoms with Gasteiger partial charge in [0.05, 0.1) is 17.7 Å². The van der Waals surface area contributed by atoms with Gasteiger partial charge < -0.3 is 15.8 Å². The predicted molar refractivity (Wildman–Crippen MR) is 71.5 cm³/mol. The summed E-state index contributed by atoms with van der Waals surface area (Å²) in [5.41, 5.74) is 3.31. The largest absolute Gasteiger partial charge is 0.417 e. The molecule has 0 aliphatic rings. The first-order valence-corrected chi connectivity index (χ1v) is 6.52. The lowest BCUT2D eigenvalue weighted by Gasteiger charge is -2.13. The molecule has 2 amide bonds. The van der Waals surface area contributed by atoms with Gasteiger partial charge in [0.1, 0.15) is 6.61 Å². The van der Waals surface area contributed by atoms with E-state index in [0.717, 1.165) is 12.1 Å². The topological polar surface area (TPSA) is 81.4 Å². The van der Waals surface area contributed by atoms with Gasteiger partial charge in [-0.15, -0.1) is 0 Å². The molecule has 0 saturated carbocycles. The lowest BCUT2D eigenvalue weighted by atomic mass is 10.1. The number of carbonyl (C=O) groups excluding carboxylic acids is 2. The SMILES string of the molecule is NC(=O)COCCNC(=O)c1ccc(Br)cc1C(F)(F)F. The first-order chi connectivity index (χ1) is 9.71. The van der Waals surface area contributed by atoms with Crippen molar-refractivity contribution in [3.63, 3.8) is 0 Å². The molecule has 3 N–H and O–H groups in total. The lowest BCUT2D eigenvalue weighted by molar-refractivity contribution is -0.138. The van der Waals surface area contributed by atoms with Crippen molar-refractivity contribution in [3.8, 4) is 0 Å². The maximum Gasteiger partial charge on any atom is 0.417 e. The van der Waals surface area contributed by atoms with E-state index < -0.39 is 29.1 Å². The summed E-state index contributed by atoms with van der Waals surface area (Å²) in [5.74, 6) is -1.55. The molecule has 1 rings (SSSR count). The van der Waals surface area contributed by atoms with Gasteiger partial charge >= 0.3 is 6.18 Å². The minimum atomic E-state index is -4.64. The molecule has 1 aromatic rings. The van der Waals surface area contributed by atoms with Crippen LogP contribution >= 0.6 is 15.9 Å². The zero-order valence-corrected chi connectivity index (χ0v) is 12.3. The van der Waals surface area contributed by atoms with E-state index in [1.54, 1.807) is 0 Å². The Labute approximate surface area is 126 Å². The predicted octanol–water partition coefficient (Wildman–Crippen LogP) is 1.70. The standard InChI is InChI=1S/C12H12BrF3N2O3/c13-7-1-2-8(9(5-7)12(14,15)16)11(20)18-3-4-21-6-10(17)19/h1-2,5H,3-4,6H2,(H2,17,19)(H,18,20). The summed E-state index contributed by atoms with van der Waals surface area (Å²) in [6.07, 6.45) is -4.64. The number of nitrogens with two attached hydrogens (primary N) is 1. The van der Waals surface area contributed by atoms with E-state index in [1.165, 1.54) is 6.07 Å². The number of hydrogen-bond donors (Lipinski definition) is 2. The van der Waals surface area contributed by atoms with Crippen molar-refractivity contribution >= 4 is 27.7 Å². The van der Waals surface area contributed by atoms with Gasteiger partial charge in [0.25, 0.3) is 5.91 Å². The van der Waals surface area contributed by atoms with Crippen LogP contribution in [-0.2, 0) is 15.7 Å². The number of ether oxygens (including phenoxy) is 1. The Morgan fingerprint density at radius 1 is 1.33 bits per heavy atom. The normalized spacial score (nSPS) is 11.2. The van der Waals surface area contributed by atoms with Crippen molar-refractivity contribution < 1.29 is 27.5 Å². The molecule has 0 unspecified atom stereocenters. The molecule has 21 heavy (non-hydrogen) atoms. The highest BCUT2D eigenvalue weighted by molar-refractivity contribution is 9.10. The number of nitrogens with one attached hydrogen (secondary N) is 1. The summed E-state index contributed by atoms with van der Waals surface area (Å²) in [7, 11) is 0. The van der Waals surface area contributed by atoms with E-state index >= 15 is 0 Å². The zero-order valence-electron chi connectivity index (χ0n) is 10.7. The minimum absolute atomic E-state index is 0.0352. The van der Waals surface area contributed by atoms with E-state index in [0.29, 0.717) is 0 Å². The third kappa shape index (κ3) is 5.72. The number of benzene rings is 1. The summed E-state index contributed by atoms with van der Waals surface area (Å²) in [5, 5.41) is 2.27. The highest BCUT2D eigenvalue weighted by atomic mass is 79.9. The second-order valence-electron chi connectivity index (χ2n) is 3.96. The second-order valence-corrected chi connectivity index (χ2v) is 4.88. The molecule has 9 heteroatoms. The molecule has 0 atom stereocenters. The maximum absolute atomic E-state index is 12.8. The van der Waals surface area contributed by atoms with Crippen molar-refractivity contribution in [2.45, 2.75) is 6.18 Å². The van der Waals surface area contributed by atoms with E-state index in [2.05, 4.69) is 21.2 Å². The Bertz CT molecular complexity index is 535. The van der Waals surface area contributed by atoms with Crippen LogP contribution in [0.15, 0.2) is 22.7 Å². The van der Waals surface area contributed by atoms with Crippen LogP contribution in [0.5, 0.6) is 0 Å². The molecule has 0 radical (unpaired) electrons. The average molecular weight is 369 g/mol. The summed E-state index contributed by atoms with van der Waals surface area (Å²) in [6, 6.07) is 3.25. The molecule has 0 bridgehead atoms. The quantitative estimate of drug-likeness (QED) is 0.749. The van der Waals surface area contributed by atoms with Gasteiger partial charge in [0.2, 0.25) is 5.91 Å². The van der Waals surface area contributed by atoms with Crippen LogP contribution in [0.25, 0.3) is 0 Å². The fourth-order valence-electron chi connectivity index (χ4n) is 1.45. The third-order valence-electron chi connectivity index (χ3n) is 2.31. The molecule has 0 aliphatic heterocycles. The number of hydrogen-bond acceptors (Lipinski definition) is 3. The van der Waals surface area contributed by atoms with Crippen LogP contribution in [0.2, 0.25) is 0 Å². The molecular weight excluding hydrogens is 357 g/mol. The first kappa shape index (κ1) is 17.4. The molecule has 0 spiro atoms. The van der Waals surface area contributed by atoms with Crippen LogP contribution in [0.1, 0.15) is 15.9 Å². The van der Waals surface area contributed by atoms with Crippen molar-refractivity contribution in [2.24, 2.45) is 5.73 Å². The van der Waals surface area contributed by atoms with Crippen LogP contribution in [0, 0.1) is 0 Å². The summed E-state index contributed by atoms with van der Waals surface area (Å²) in [4.78, 5) is 22.1. The molecule has 0 aromatic heterocycles. The van der Waals surface area contributed by atoms with E-state index in [9.17, 15) is 22.8 Å². The van der Waals surface area contributed by atoms with Crippen molar-refractivity contribution in [1.82, 2.24) is 5.32 Å². The van der Waals surface area contributed by atoms with Crippen LogP contribution in [0.3, 0.4) is 0 Å². The monoisotopic (exact) mass is 368 g/mol. The minimum Gasteiger partial charge on any atom is -0.370 e. The van der Waals surface area contributed by atoms with E-state index in [4.69, 9.17) is 10.5 Å². The molecule has 0 fully saturated rings. The molecule has 0 aliphatic carbocycles. The van der Waals surface area contributed by atoms with E-state index in [-0.39, 0.29) is 24.2 Å². The van der Waals surface area contributed by atoms with Crippen molar-refractivity contribution in [2.75, 3.05) is 19.8 Å². The average Bonchev–Trinajstić information content (AvgIpc) is 2.36. The Morgan fingerprint density at radius 2 is 2.00 bits per heavy atom. The molecule has 0 heterocycles. The summed E-state index contributed by atoms with van der Waals surface area (Å²) < 4.78 is 43.5. The van der Waals surface area contributed by atoms with Crippen molar-refractivity contribution in [1.29, 1.82) is 0 Å².